The Labute approximate surface area is 165 Å². The number of anilines is 1. The van der Waals surface area contributed by atoms with Crippen molar-refractivity contribution in [2.24, 2.45) is 4.99 Å². The number of fused-ring (bicyclic) bond motifs is 1. The fourth-order valence-electron chi connectivity index (χ4n) is 3.25. The van der Waals surface area contributed by atoms with Crippen LogP contribution in [0.15, 0.2) is 35.3 Å². The minimum atomic E-state index is -0.185. The average Bonchev–Trinajstić information content (AvgIpc) is 2.72. The second-order valence-electron chi connectivity index (χ2n) is 6.63. The molecule has 1 unspecified atom stereocenters. The number of hydrogen-bond donors (Lipinski definition) is 2. The van der Waals surface area contributed by atoms with Crippen molar-refractivity contribution >= 4 is 11.9 Å². The van der Waals surface area contributed by atoms with Crippen molar-refractivity contribution in [3.63, 3.8) is 0 Å². The number of nitrogens with zero attached hydrogens (tertiary/aromatic N) is 2. The van der Waals surface area contributed by atoms with Crippen LogP contribution in [0.3, 0.4) is 0 Å². The summed E-state index contributed by atoms with van der Waals surface area (Å²) in [6.45, 7) is 3.02. The molecule has 28 heavy (non-hydrogen) atoms. The highest BCUT2D eigenvalue weighted by Crippen LogP contribution is 2.38. The molecule has 2 aromatic carbocycles. The van der Waals surface area contributed by atoms with Gasteiger partial charge in [0.25, 0.3) is 0 Å². The first-order valence-electron chi connectivity index (χ1n) is 9.15. The number of aliphatic hydroxyl groups is 1. The van der Waals surface area contributed by atoms with E-state index in [1.165, 1.54) is 0 Å². The molecule has 1 heterocycles. The van der Waals surface area contributed by atoms with E-state index in [2.05, 4.69) is 15.2 Å². The van der Waals surface area contributed by atoms with Gasteiger partial charge >= 0.3 is 0 Å². The number of methoxy groups -OCH3 is 2. The van der Waals surface area contributed by atoms with Gasteiger partial charge in [0.15, 0.2) is 17.8 Å². The van der Waals surface area contributed by atoms with Crippen LogP contribution in [-0.4, -0.2) is 57.0 Å². The standard InChI is InChI=1S/C21H27N3O4/c1-14-17-12-22-21(23-18(17)11-19(26-3)20(14)27-4)24(2)13-15-5-7-16(8-6-15)28-10-9-25/h5-8,11-12,21,23,25H,9-10,13H2,1-4H3. The predicted octanol–water partition coefficient (Wildman–Crippen LogP) is 2.64. The summed E-state index contributed by atoms with van der Waals surface area (Å²) in [5, 5.41) is 12.3. The van der Waals surface area contributed by atoms with Crippen molar-refractivity contribution in [3.05, 3.63) is 47.0 Å². The highest BCUT2D eigenvalue weighted by Gasteiger charge is 2.23. The first-order valence-corrected chi connectivity index (χ1v) is 9.15. The molecule has 7 heteroatoms. The average molecular weight is 385 g/mol. The Kier molecular flexibility index (Phi) is 6.38. The highest BCUT2D eigenvalue weighted by atomic mass is 16.5. The van der Waals surface area contributed by atoms with Gasteiger partial charge in [-0.2, -0.15) is 0 Å². The monoisotopic (exact) mass is 385 g/mol. The molecule has 1 aliphatic rings. The van der Waals surface area contributed by atoms with E-state index in [1.54, 1.807) is 14.2 Å². The maximum atomic E-state index is 8.83. The van der Waals surface area contributed by atoms with Crippen LogP contribution in [-0.2, 0) is 6.54 Å². The Bertz CT molecular complexity index is 837. The van der Waals surface area contributed by atoms with Gasteiger partial charge in [-0.05, 0) is 31.7 Å². The summed E-state index contributed by atoms with van der Waals surface area (Å²) < 4.78 is 16.3. The minimum absolute atomic E-state index is 0.00739. The zero-order chi connectivity index (χ0) is 20.1. The summed E-state index contributed by atoms with van der Waals surface area (Å²) in [6.07, 6.45) is 1.70. The maximum Gasteiger partial charge on any atom is 0.176 e. The predicted molar refractivity (Wildman–Crippen MR) is 110 cm³/mol. The normalized spacial score (nSPS) is 15.1. The van der Waals surface area contributed by atoms with Crippen molar-refractivity contribution in [3.8, 4) is 17.2 Å². The van der Waals surface area contributed by atoms with Gasteiger partial charge in [0.2, 0.25) is 0 Å². The van der Waals surface area contributed by atoms with E-state index in [-0.39, 0.29) is 12.9 Å². The molecule has 3 rings (SSSR count). The van der Waals surface area contributed by atoms with Crippen LogP contribution >= 0.6 is 0 Å². The van der Waals surface area contributed by atoms with Gasteiger partial charge < -0.3 is 24.6 Å². The molecule has 0 fully saturated rings. The van der Waals surface area contributed by atoms with Crippen LogP contribution in [0.4, 0.5) is 5.69 Å². The molecule has 1 aliphatic heterocycles. The Morgan fingerprint density at radius 2 is 1.93 bits per heavy atom. The maximum absolute atomic E-state index is 8.83. The quantitative estimate of drug-likeness (QED) is 0.728. The van der Waals surface area contributed by atoms with Crippen molar-refractivity contribution in [2.75, 3.05) is 39.8 Å². The van der Waals surface area contributed by atoms with Gasteiger partial charge in [0.1, 0.15) is 12.4 Å². The SMILES string of the molecule is COc1cc2c(c(C)c1OC)C=NC(N(C)Cc1ccc(OCCO)cc1)N2. The molecule has 2 N–H and O–H groups in total. The van der Waals surface area contributed by atoms with E-state index in [0.717, 1.165) is 40.4 Å². The number of ether oxygens (including phenoxy) is 3. The van der Waals surface area contributed by atoms with Gasteiger partial charge in [0.05, 0.1) is 20.8 Å². The molecule has 0 aromatic heterocycles. The molecule has 0 spiro atoms. The van der Waals surface area contributed by atoms with Gasteiger partial charge in [-0.3, -0.25) is 9.89 Å². The summed E-state index contributed by atoms with van der Waals surface area (Å²) in [4.78, 5) is 6.78. The molecular formula is C21H27N3O4. The number of rotatable bonds is 8. The van der Waals surface area contributed by atoms with E-state index >= 15 is 0 Å². The molecule has 150 valence electrons. The molecule has 0 saturated carbocycles. The Balaban J connectivity index is 1.71. The van der Waals surface area contributed by atoms with E-state index in [4.69, 9.17) is 19.3 Å². The van der Waals surface area contributed by atoms with E-state index in [9.17, 15) is 0 Å². The van der Waals surface area contributed by atoms with Crippen molar-refractivity contribution < 1.29 is 19.3 Å². The molecular weight excluding hydrogens is 358 g/mol. The molecule has 0 radical (unpaired) electrons. The van der Waals surface area contributed by atoms with Crippen LogP contribution in [0, 0.1) is 6.92 Å². The highest BCUT2D eigenvalue weighted by molar-refractivity contribution is 5.93. The smallest absolute Gasteiger partial charge is 0.176 e. The first kappa shape index (κ1) is 20.0. The van der Waals surface area contributed by atoms with E-state index < -0.39 is 0 Å². The fraction of sp³-hybridized carbons (Fsp3) is 0.381. The number of benzene rings is 2. The third kappa shape index (κ3) is 4.21. The lowest BCUT2D eigenvalue weighted by atomic mass is 10.0. The summed E-state index contributed by atoms with van der Waals surface area (Å²) in [5.74, 6) is 2.17. The molecule has 2 aromatic rings. The van der Waals surface area contributed by atoms with Crippen LogP contribution in [0.2, 0.25) is 0 Å². The van der Waals surface area contributed by atoms with Crippen molar-refractivity contribution in [2.45, 2.75) is 19.8 Å². The Hall–Kier alpha value is -2.77. The Morgan fingerprint density at radius 1 is 1.18 bits per heavy atom. The molecule has 0 bridgehead atoms. The lowest BCUT2D eigenvalue weighted by Crippen LogP contribution is -2.38. The summed E-state index contributed by atoms with van der Waals surface area (Å²) >= 11 is 0. The van der Waals surface area contributed by atoms with E-state index in [0.29, 0.717) is 12.4 Å². The van der Waals surface area contributed by atoms with Gasteiger partial charge in [-0.15, -0.1) is 0 Å². The lowest BCUT2D eigenvalue weighted by Gasteiger charge is -2.31. The number of nitrogens with one attached hydrogen (secondary N) is 1. The Morgan fingerprint density at radius 3 is 2.57 bits per heavy atom. The molecule has 0 amide bonds. The summed E-state index contributed by atoms with van der Waals surface area (Å²) in [7, 11) is 5.29. The van der Waals surface area contributed by atoms with Gasteiger partial charge in [-0.1, -0.05) is 12.1 Å². The molecule has 1 atom stereocenters. The number of aliphatic imine (C=N–C) groups is 1. The van der Waals surface area contributed by atoms with Crippen LogP contribution in [0.25, 0.3) is 0 Å². The van der Waals surface area contributed by atoms with E-state index in [1.807, 2.05) is 50.5 Å². The van der Waals surface area contributed by atoms with Gasteiger partial charge in [-0.25, -0.2) is 0 Å². The zero-order valence-electron chi connectivity index (χ0n) is 16.7. The summed E-state index contributed by atoms with van der Waals surface area (Å²) in [5.41, 5.74) is 4.11. The lowest BCUT2D eigenvalue weighted by molar-refractivity contribution is 0.201. The van der Waals surface area contributed by atoms with Crippen LogP contribution < -0.4 is 19.5 Å². The van der Waals surface area contributed by atoms with Crippen LogP contribution in [0.1, 0.15) is 16.7 Å². The van der Waals surface area contributed by atoms with Crippen LogP contribution in [0.5, 0.6) is 17.2 Å². The van der Waals surface area contributed by atoms with Crippen molar-refractivity contribution in [1.82, 2.24) is 4.90 Å². The molecule has 0 aliphatic carbocycles. The number of aliphatic hydroxyl groups excluding tert-OH is 1. The second kappa shape index (κ2) is 8.95. The molecule has 0 saturated heterocycles. The van der Waals surface area contributed by atoms with Gasteiger partial charge in [0, 0.05) is 35.6 Å². The molecule has 7 nitrogen and oxygen atoms in total. The number of hydrogen-bond acceptors (Lipinski definition) is 7. The zero-order valence-corrected chi connectivity index (χ0v) is 16.7. The minimum Gasteiger partial charge on any atom is -0.493 e. The first-order chi connectivity index (χ1) is 13.6. The van der Waals surface area contributed by atoms with Crippen molar-refractivity contribution in [1.29, 1.82) is 0 Å². The topological polar surface area (TPSA) is 75.6 Å². The largest absolute Gasteiger partial charge is 0.493 e. The summed E-state index contributed by atoms with van der Waals surface area (Å²) in [6, 6.07) is 9.79. The second-order valence-corrected chi connectivity index (χ2v) is 6.63. The third-order valence-electron chi connectivity index (χ3n) is 4.72. The third-order valence-corrected chi connectivity index (χ3v) is 4.72. The fourth-order valence-corrected chi connectivity index (χ4v) is 3.25.